The number of carbonyl (C=O) groups is 1. The fraction of sp³-hybridized carbons (Fsp3) is 0.500. The Labute approximate surface area is 131 Å². The maximum atomic E-state index is 13.3. The number of pyridine rings is 1. The Hall–Kier alpha value is -2.05. The molecule has 2 aromatic heterocycles. The number of carboxylic acid groups (broad SMARTS) is 1. The van der Waals surface area contributed by atoms with Crippen LogP contribution in [0, 0.1) is 5.92 Å². The molecule has 0 radical (unpaired) electrons. The molecule has 124 valence electrons. The first-order chi connectivity index (χ1) is 10.9. The van der Waals surface area contributed by atoms with Gasteiger partial charge in [0.2, 0.25) is 0 Å². The molecule has 0 saturated heterocycles. The van der Waals surface area contributed by atoms with Crippen LogP contribution in [0.15, 0.2) is 18.3 Å². The van der Waals surface area contributed by atoms with E-state index in [1.807, 2.05) is 0 Å². The van der Waals surface area contributed by atoms with E-state index in [0.29, 0.717) is 6.42 Å². The fourth-order valence-corrected chi connectivity index (χ4v) is 3.32. The minimum absolute atomic E-state index is 0.0306. The third-order valence-electron chi connectivity index (χ3n) is 4.45. The first-order valence-corrected chi connectivity index (χ1v) is 7.67. The Kier molecular flexibility index (Phi) is 4.04. The normalized spacial score (nSPS) is 16.8. The van der Waals surface area contributed by atoms with Crippen molar-refractivity contribution in [1.82, 2.24) is 9.38 Å². The molecule has 0 spiro atoms. The Balaban J connectivity index is 2.06. The van der Waals surface area contributed by atoms with Crippen molar-refractivity contribution >= 4 is 11.6 Å². The molecule has 3 rings (SSSR count). The van der Waals surface area contributed by atoms with Crippen LogP contribution in [0.2, 0.25) is 0 Å². The summed E-state index contributed by atoms with van der Waals surface area (Å²) in [6.45, 7) is 0. The third kappa shape index (κ3) is 3.18. The van der Waals surface area contributed by atoms with Crippen molar-refractivity contribution in [3.8, 4) is 0 Å². The predicted molar refractivity (Wildman–Crippen MR) is 77.4 cm³/mol. The predicted octanol–water partition coefficient (Wildman–Crippen LogP) is 4.17. The molecule has 2 aromatic rings. The molecule has 0 aromatic carbocycles. The summed E-state index contributed by atoms with van der Waals surface area (Å²) < 4.78 is 41.3. The summed E-state index contributed by atoms with van der Waals surface area (Å²) in [5.41, 5.74) is -0.801. The number of carboxylic acids is 1. The molecule has 0 aliphatic heterocycles. The second kappa shape index (κ2) is 5.86. The van der Waals surface area contributed by atoms with E-state index in [1.54, 1.807) is 0 Å². The maximum Gasteiger partial charge on any atom is 0.435 e. The van der Waals surface area contributed by atoms with Crippen LogP contribution in [0.5, 0.6) is 0 Å². The molecule has 0 bridgehead atoms. The standard InChI is InChI=1S/C16H17F3N2O2/c17-16(18,19)14-12(8-10-4-2-1-3-5-10)21-7-6-11(15(22)23)9-13(21)20-14/h6-7,9-10H,1-5,8H2,(H,22,23). The summed E-state index contributed by atoms with van der Waals surface area (Å²) in [5, 5.41) is 8.98. The van der Waals surface area contributed by atoms with Crippen LogP contribution in [-0.4, -0.2) is 20.5 Å². The quantitative estimate of drug-likeness (QED) is 0.921. The highest BCUT2D eigenvalue weighted by atomic mass is 19.4. The number of aromatic nitrogens is 2. The average Bonchev–Trinajstić information content (AvgIpc) is 2.86. The lowest BCUT2D eigenvalue weighted by molar-refractivity contribution is -0.141. The van der Waals surface area contributed by atoms with Gasteiger partial charge < -0.3 is 9.51 Å². The monoisotopic (exact) mass is 326 g/mol. The van der Waals surface area contributed by atoms with Crippen molar-refractivity contribution in [3.05, 3.63) is 35.3 Å². The van der Waals surface area contributed by atoms with Crippen LogP contribution < -0.4 is 0 Å². The van der Waals surface area contributed by atoms with Crippen LogP contribution in [0.3, 0.4) is 0 Å². The number of aromatic carboxylic acids is 1. The molecule has 4 nitrogen and oxygen atoms in total. The van der Waals surface area contributed by atoms with Gasteiger partial charge in [-0.3, -0.25) is 0 Å². The molecule has 1 N–H and O–H groups in total. The molecule has 7 heteroatoms. The number of halogens is 3. The van der Waals surface area contributed by atoms with Crippen molar-refractivity contribution in [2.24, 2.45) is 5.92 Å². The van der Waals surface area contributed by atoms with Crippen LogP contribution in [0.25, 0.3) is 5.65 Å². The highest BCUT2D eigenvalue weighted by Gasteiger charge is 2.38. The zero-order chi connectivity index (χ0) is 16.6. The number of rotatable bonds is 3. The zero-order valence-corrected chi connectivity index (χ0v) is 12.4. The number of nitrogens with zero attached hydrogens (tertiary/aromatic N) is 2. The van der Waals surface area contributed by atoms with Gasteiger partial charge in [0, 0.05) is 6.20 Å². The van der Waals surface area contributed by atoms with Gasteiger partial charge in [0.25, 0.3) is 0 Å². The average molecular weight is 326 g/mol. The topological polar surface area (TPSA) is 54.6 Å². The van der Waals surface area contributed by atoms with Crippen molar-refractivity contribution in [2.75, 3.05) is 0 Å². The van der Waals surface area contributed by atoms with Gasteiger partial charge in [-0.05, 0) is 24.5 Å². The molecule has 1 aliphatic rings. The van der Waals surface area contributed by atoms with Gasteiger partial charge in [0.05, 0.1) is 11.3 Å². The highest BCUT2D eigenvalue weighted by Crippen LogP contribution is 2.35. The SMILES string of the molecule is O=C(O)c1ccn2c(CC3CCCCC3)c(C(F)(F)F)nc2c1. The van der Waals surface area contributed by atoms with Crippen LogP contribution >= 0.6 is 0 Å². The highest BCUT2D eigenvalue weighted by molar-refractivity contribution is 5.88. The Morgan fingerprint density at radius 1 is 1.30 bits per heavy atom. The molecule has 1 saturated carbocycles. The minimum Gasteiger partial charge on any atom is -0.478 e. The first kappa shape index (κ1) is 15.8. The number of hydrogen-bond acceptors (Lipinski definition) is 2. The summed E-state index contributed by atoms with van der Waals surface area (Å²) in [7, 11) is 0. The lowest BCUT2D eigenvalue weighted by Crippen LogP contribution is -2.15. The van der Waals surface area contributed by atoms with Gasteiger partial charge in [-0.15, -0.1) is 0 Å². The molecule has 2 heterocycles. The molecule has 23 heavy (non-hydrogen) atoms. The summed E-state index contributed by atoms with van der Waals surface area (Å²) in [5.74, 6) is -0.957. The van der Waals surface area contributed by atoms with E-state index in [-0.39, 0.29) is 22.8 Å². The Morgan fingerprint density at radius 2 is 2.00 bits per heavy atom. The molecule has 0 amide bonds. The second-order valence-electron chi connectivity index (χ2n) is 6.06. The third-order valence-corrected chi connectivity index (χ3v) is 4.45. The van der Waals surface area contributed by atoms with E-state index < -0.39 is 17.8 Å². The first-order valence-electron chi connectivity index (χ1n) is 7.67. The van der Waals surface area contributed by atoms with E-state index in [9.17, 15) is 18.0 Å². The summed E-state index contributed by atoms with van der Waals surface area (Å²) >= 11 is 0. The lowest BCUT2D eigenvalue weighted by Gasteiger charge is -2.22. The van der Waals surface area contributed by atoms with E-state index >= 15 is 0 Å². The molecule has 0 atom stereocenters. The van der Waals surface area contributed by atoms with Gasteiger partial charge >= 0.3 is 12.1 Å². The fourth-order valence-electron chi connectivity index (χ4n) is 3.32. The molecule has 1 fully saturated rings. The maximum absolute atomic E-state index is 13.3. The van der Waals surface area contributed by atoms with Gasteiger partial charge in [0.1, 0.15) is 5.65 Å². The van der Waals surface area contributed by atoms with Crippen LogP contribution in [-0.2, 0) is 12.6 Å². The van der Waals surface area contributed by atoms with Crippen molar-refractivity contribution in [1.29, 1.82) is 0 Å². The van der Waals surface area contributed by atoms with Crippen LogP contribution in [0.4, 0.5) is 13.2 Å². The number of alkyl halides is 3. The van der Waals surface area contributed by atoms with E-state index in [0.717, 1.165) is 32.1 Å². The minimum atomic E-state index is -4.54. The molecule has 0 unspecified atom stereocenters. The zero-order valence-electron chi connectivity index (χ0n) is 12.4. The van der Waals surface area contributed by atoms with E-state index in [4.69, 9.17) is 5.11 Å². The number of imidazole rings is 1. The Morgan fingerprint density at radius 3 is 2.61 bits per heavy atom. The summed E-state index contributed by atoms with van der Waals surface area (Å²) in [6, 6.07) is 2.49. The van der Waals surface area contributed by atoms with Crippen molar-refractivity contribution in [3.63, 3.8) is 0 Å². The number of fused-ring (bicyclic) bond motifs is 1. The van der Waals surface area contributed by atoms with E-state index in [1.165, 1.54) is 22.7 Å². The lowest BCUT2D eigenvalue weighted by atomic mass is 9.86. The Bertz CT molecular complexity index is 731. The van der Waals surface area contributed by atoms with E-state index in [2.05, 4.69) is 4.98 Å². The largest absolute Gasteiger partial charge is 0.478 e. The van der Waals surface area contributed by atoms with Gasteiger partial charge in [-0.25, -0.2) is 9.78 Å². The van der Waals surface area contributed by atoms with Crippen molar-refractivity contribution in [2.45, 2.75) is 44.7 Å². The molecule has 1 aliphatic carbocycles. The van der Waals surface area contributed by atoms with Crippen molar-refractivity contribution < 1.29 is 23.1 Å². The summed E-state index contributed by atoms with van der Waals surface area (Å²) in [6.07, 6.45) is 2.24. The second-order valence-corrected chi connectivity index (χ2v) is 6.06. The summed E-state index contributed by atoms with van der Waals surface area (Å²) in [4.78, 5) is 14.7. The molecular weight excluding hydrogens is 309 g/mol. The van der Waals surface area contributed by atoms with Gasteiger partial charge in [-0.1, -0.05) is 32.1 Å². The van der Waals surface area contributed by atoms with Gasteiger partial charge in [-0.2, -0.15) is 13.2 Å². The smallest absolute Gasteiger partial charge is 0.435 e. The van der Waals surface area contributed by atoms with Crippen LogP contribution in [0.1, 0.15) is 53.8 Å². The number of hydrogen-bond donors (Lipinski definition) is 1. The molecular formula is C16H17F3N2O2. The van der Waals surface area contributed by atoms with Gasteiger partial charge in [0.15, 0.2) is 5.69 Å².